The zero-order valence-electron chi connectivity index (χ0n) is 13.2. The van der Waals surface area contributed by atoms with E-state index >= 15 is 0 Å². The van der Waals surface area contributed by atoms with Crippen molar-refractivity contribution in [3.8, 4) is 0 Å². The van der Waals surface area contributed by atoms with Gasteiger partial charge < -0.3 is 10.1 Å². The Hall–Kier alpha value is -0.570. The van der Waals surface area contributed by atoms with Crippen LogP contribution in [-0.2, 0) is 11.2 Å². The number of methoxy groups -OCH3 is 1. The van der Waals surface area contributed by atoms with Gasteiger partial charge in [0.05, 0.1) is 0 Å². The Morgan fingerprint density at radius 2 is 1.90 bits per heavy atom. The lowest BCUT2D eigenvalue weighted by atomic mass is 9.86. The molecule has 0 saturated heterocycles. The van der Waals surface area contributed by atoms with E-state index in [4.69, 9.17) is 16.3 Å². The fourth-order valence-electron chi connectivity index (χ4n) is 2.35. The van der Waals surface area contributed by atoms with Crippen molar-refractivity contribution in [2.45, 2.75) is 39.7 Å². The van der Waals surface area contributed by atoms with Gasteiger partial charge in [0.25, 0.3) is 0 Å². The maximum atomic E-state index is 6.29. The van der Waals surface area contributed by atoms with Gasteiger partial charge in [0.2, 0.25) is 0 Å². The first-order valence-corrected chi connectivity index (χ1v) is 7.88. The molecule has 2 unspecified atom stereocenters. The zero-order chi connectivity index (χ0) is 15.0. The lowest BCUT2D eigenvalue weighted by molar-refractivity contribution is 0.163. The summed E-state index contributed by atoms with van der Waals surface area (Å²) in [6.07, 6.45) is 2.11. The van der Waals surface area contributed by atoms with Crippen molar-refractivity contribution in [2.75, 3.05) is 20.3 Å². The first kappa shape index (κ1) is 17.5. The Kier molecular flexibility index (Phi) is 8.20. The van der Waals surface area contributed by atoms with Gasteiger partial charge in [0.1, 0.15) is 0 Å². The molecule has 1 rings (SSSR count). The third-order valence-corrected chi connectivity index (χ3v) is 4.18. The van der Waals surface area contributed by atoms with E-state index in [0.717, 1.165) is 31.0 Å². The minimum absolute atomic E-state index is 0.512. The van der Waals surface area contributed by atoms with E-state index in [1.807, 2.05) is 12.1 Å². The fourth-order valence-corrected chi connectivity index (χ4v) is 2.56. The average molecular weight is 298 g/mol. The van der Waals surface area contributed by atoms with Crippen LogP contribution in [0.15, 0.2) is 24.3 Å². The third kappa shape index (κ3) is 6.25. The SMILES string of the molecule is COCCC(C)C(CNC(C)C)Cc1ccccc1Cl. The van der Waals surface area contributed by atoms with Gasteiger partial charge in [-0.3, -0.25) is 0 Å². The normalized spacial score (nSPS) is 14.5. The van der Waals surface area contributed by atoms with Crippen LogP contribution in [0.4, 0.5) is 0 Å². The molecule has 0 bridgehead atoms. The quantitative estimate of drug-likeness (QED) is 0.738. The molecule has 0 saturated carbocycles. The van der Waals surface area contributed by atoms with E-state index in [2.05, 4.69) is 38.2 Å². The van der Waals surface area contributed by atoms with E-state index in [9.17, 15) is 0 Å². The minimum Gasteiger partial charge on any atom is -0.385 e. The predicted octanol–water partition coefficient (Wildman–Crippen LogP) is 4.17. The van der Waals surface area contributed by atoms with E-state index in [1.54, 1.807) is 7.11 Å². The van der Waals surface area contributed by atoms with Gasteiger partial charge in [-0.05, 0) is 42.9 Å². The van der Waals surface area contributed by atoms with Crippen molar-refractivity contribution in [3.05, 3.63) is 34.9 Å². The Bertz CT molecular complexity index is 381. The summed E-state index contributed by atoms with van der Waals surface area (Å²) in [4.78, 5) is 0. The van der Waals surface area contributed by atoms with Crippen LogP contribution in [0.25, 0.3) is 0 Å². The minimum atomic E-state index is 0.512. The van der Waals surface area contributed by atoms with Gasteiger partial charge in [0, 0.05) is 24.8 Å². The van der Waals surface area contributed by atoms with E-state index in [0.29, 0.717) is 17.9 Å². The summed E-state index contributed by atoms with van der Waals surface area (Å²) >= 11 is 6.29. The molecule has 0 aliphatic rings. The first-order valence-electron chi connectivity index (χ1n) is 7.50. The maximum Gasteiger partial charge on any atom is 0.0464 e. The number of ether oxygens (including phenoxy) is 1. The van der Waals surface area contributed by atoms with Crippen molar-refractivity contribution < 1.29 is 4.74 Å². The topological polar surface area (TPSA) is 21.3 Å². The van der Waals surface area contributed by atoms with Gasteiger partial charge >= 0.3 is 0 Å². The summed E-state index contributed by atoms with van der Waals surface area (Å²) in [5, 5.41) is 4.43. The fraction of sp³-hybridized carbons (Fsp3) is 0.647. The summed E-state index contributed by atoms with van der Waals surface area (Å²) < 4.78 is 5.22. The smallest absolute Gasteiger partial charge is 0.0464 e. The molecule has 20 heavy (non-hydrogen) atoms. The molecule has 0 spiro atoms. The molecule has 0 aliphatic carbocycles. The van der Waals surface area contributed by atoms with Crippen LogP contribution < -0.4 is 5.32 Å². The van der Waals surface area contributed by atoms with Gasteiger partial charge in [-0.15, -0.1) is 0 Å². The Labute approximate surface area is 128 Å². The molecule has 0 radical (unpaired) electrons. The van der Waals surface area contributed by atoms with Crippen LogP contribution in [0.1, 0.15) is 32.8 Å². The Morgan fingerprint density at radius 1 is 1.20 bits per heavy atom. The Balaban J connectivity index is 2.68. The molecule has 1 aromatic rings. The number of benzene rings is 1. The molecule has 2 atom stereocenters. The van der Waals surface area contributed by atoms with Gasteiger partial charge in [-0.2, -0.15) is 0 Å². The van der Waals surface area contributed by atoms with Crippen molar-refractivity contribution in [3.63, 3.8) is 0 Å². The molecule has 0 aliphatic heterocycles. The highest BCUT2D eigenvalue weighted by Crippen LogP contribution is 2.24. The maximum absolute atomic E-state index is 6.29. The molecule has 3 heteroatoms. The second kappa shape index (κ2) is 9.38. The van der Waals surface area contributed by atoms with Crippen molar-refractivity contribution in [1.82, 2.24) is 5.32 Å². The van der Waals surface area contributed by atoms with Gasteiger partial charge in [0.15, 0.2) is 0 Å². The summed E-state index contributed by atoms with van der Waals surface area (Å²) in [5.41, 5.74) is 1.24. The van der Waals surface area contributed by atoms with E-state index < -0.39 is 0 Å². The lowest BCUT2D eigenvalue weighted by Crippen LogP contribution is -2.33. The number of rotatable bonds is 9. The summed E-state index contributed by atoms with van der Waals surface area (Å²) in [6, 6.07) is 8.67. The van der Waals surface area contributed by atoms with Crippen LogP contribution in [0.5, 0.6) is 0 Å². The molecule has 2 nitrogen and oxygen atoms in total. The molecular formula is C17H28ClNO. The highest BCUT2D eigenvalue weighted by Gasteiger charge is 2.19. The Morgan fingerprint density at radius 3 is 2.50 bits per heavy atom. The molecular weight excluding hydrogens is 270 g/mol. The predicted molar refractivity (Wildman–Crippen MR) is 87.4 cm³/mol. The highest BCUT2D eigenvalue weighted by molar-refractivity contribution is 6.31. The second-order valence-corrected chi connectivity index (χ2v) is 6.28. The van der Waals surface area contributed by atoms with Crippen LogP contribution in [0.3, 0.4) is 0 Å². The van der Waals surface area contributed by atoms with E-state index in [1.165, 1.54) is 5.56 Å². The summed E-state index contributed by atoms with van der Waals surface area (Å²) in [5.74, 6) is 1.19. The third-order valence-electron chi connectivity index (χ3n) is 3.81. The lowest BCUT2D eigenvalue weighted by Gasteiger charge is -2.26. The second-order valence-electron chi connectivity index (χ2n) is 5.88. The monoisotopic (exact) mass is 297 g/mol. The molecule has 1 aromatic carbocycles. The molecule has 0 heterocycles. The molecule has 0 aromatic heterocycles. The van der Waals surface area contributed by atoms with Crippen LogP contribution >= 0.6 is 11.6 Å². The number of halogens is 1. The number of hydrogen-bond acceptors (Lipinski definition) is 2. The van der Waals surface area contributed by atoms with Crippen molar-refractivity contribution >= 4 is 11.6 Å². The average Bonchev–Trinajstić information content (AvgIpc) is 2.42. The molecule has 1 N–H and O–H groups in total. The largest absolute Gasteiger partial charge is 0.385 e. The van der Waals surface area contributed by atoms with Gasteiger partial charge in [-0.1, -0.05) is 50.6 Å². The van der Waals surface area contributed by atoms with Crippen LogP contribution in [0.2, 0.25) is 5.02 Å². The van der Waals surface area contributed by atoms with E-state index in [-0.39, 0.29) is 0 Å². The van der Waals surface area contributed by atoms with Crippen LogP contribution in [-0.4, -0.2) is 26.3 Å². The number of nitrogens with one attached hydrogen (secondary N) is 1. The molecule has 114 valence electrons. The first-order chi connectivity index (χ1) is 9.54. The number of hydrogen-bond donors (Lipinski definition) is 1. The zero-order valence-corrected chi connectivity index (χ0v) is 13.9. The van der Waals surface area contributed by atoms with Crippen molar-refractivity contribution in [2.24, 2.45) is 11.8 Å². The summed E-state index contributed by atoms with van der Waals surface area (Å²) in [7, 11) is 1.77. The highest BCUT2D eigenvalue weighted by atomic mass is 35.5. The molecule has 0 fully saturated rings. The van der Waals surface area contributed by atoms with Gasteiger partial charge in [-0.25, -0.2) is 0 Å². The van der Waals surface area contributed by atoms with Crippen LogP contribution in [0, 0.1) is 11.8 Å². The standard InChI is InChI=1S/C17H28ClNO/c1-13(2)19-12-16(14(3)9-10-20-4)11-15-7-5-6-8-17(15)18/h5-8,13-14,16,19H,9-12H2,1-4H3. The molecule has 0 amide bonds. The van der Waals surface area contributed by atoms with Crippen molar-refractivity contribution in [1.29, 1.82) is 0 Å². The summed E-state index contributed by atoms with van der Waals surface area (Å²) in [6.45, 7) is 8.52.